The van der Waals surface area contributed by atoms with Crippen LogP contribution in [0.3, 0.4) is 0 Å². The first kappa shape index (κ1) is 31.6. The van der Waals surface area contributed by atoms with Gasteiger partial charge in [0.25, 0.3) is 10.0 Å². The maximum absolute atomic E-state index is 14.0. The van der Waals surface area contributed by atoms with Gasteiger partial charge in [-0.25, -0.2) is 12.8 Å². The molecule has 0 aromatic heterocycles. The molecule has 0 fully saturated rings. The molecule has 0 aliphatic carbocycles. The molecular weight excluding hydrogens is 545 g/mol. The van der Waals surface area contributed by atoms with Crippen molar-refractivity contribution in [2.24, 2.45) is 0 Å². The van der Waals surface area contributed by atoms with Crippen molar-refractivity contribution in [1.29, 1.82) is 0 Å². The number of ether oxygens (including phenoxy) is 1. The van der Waals surface area contributed by atoms with Gasteiger partial charge >= 0.3 is 0 Å². The Hall–Kier alpha value is -3.92. The van der Waals surface area contributed by atoms with Crippen LogP contribution in [0.4, 0.5) is 10.1 Å². The molecule has 0 aliphatic heterocycles. The summed E-state index contributed by atoms with van der Waals surface area (Å²) in [6.07, 6.45) is 1.99. The molecule has 41 heavy (non-hydrogen) atoms. The van der Waals surface area contributed by atoms with Gasteiger partial charge in [-0.3, -0.25) is 13.9 Å². The lowest BCUT2D eigenvalue weighted by Gasteiger charge is -2.33. The molecule has 8 nitrogen and oxygen atoms in total. The standard InChI is InChI=1S/C31H38FN3O5S/c1-4-7-21-33-31(37)29(5-2)34(22-24-13-15-25(32)16-14-24)30(36)23-35(26-11-9-8-10-12-26)41(38,39)28-19-17-27(18-20-28)40-6-3/h8-20,29H,4-7,21-23H2,1-3H3,(H,33,37)/t29-/m1/s1. The average Bonchev–Trinajstić information content (AvgIpc) is 2.97. The molecule has 3 aromatic carbocycles. The molecule has 3 aromatic rings. The van der Waals surface area contributed by atoms with E-state index in [-0.39, 0.29) is 17.3 Å². The van der Waals surface area contributed by atoms with Crippen molar-refractivity contribution in [1.82, 2.24) is 10.2 Å². The van der Waals surface area contributed by atoms with Crippen LogP contribution in [0, 0.1) is 5.82 Å². The minimum Gasteiger partial charge on any atom is -0.494 e. The van der Waals surface area contributed by atoms with E-state index in [9.17, 15) is 22.4 Å². The maximum Gasteiger partial charge on any atom is 0.264 e. The van der Waals surface area contributed by atoms with Crippen LogP contribution in [0.15, 0.2) is 83.8 Å². The molecule has 1 atom stereocenters. The third kappa shape index (κ3) is 8.53. The number of hydrogen-bond donors (Lipinski definition) is 1. The summed E-state index contributed by atoms with van der Waals surface area (Å²) >= 11 is 0. The summed E-state index contributed by atoms with van der Waals surface area (Å²) in [5.74, 6) is -0.783. The molecule has 1 N–H and O–H groups in total. The van der Waals surface area contributed by atoms with Crippen LogP contribution in [0.1, 0.15) is 45.6 Å². The fourth-order valence-corrected chi connectivity index (χ4v) is 5.75. The van der Waals surface area contributed by atoms with Gasteiger partial charge in [0.1, 0.15) is 24.2 Å². The number of carbonyl (C=O) groups excluding carboxylic acids is 2. The number of carbonyl (C=O) groups is 2. The maximum atomic E-state index is 14.0. The number of sulfonamides is 1. The van der Waals surface area contributed by atoms with Gasteiger partial charge in [0.15, 0.2) is 0 Å². The van der Waals surface area contributed by atoms with E-state index in [1.54, 1.807) is 61.5 Å². The quantitative estimate of drug-likeness (QED) is 0.250. The molecule has 220 valence electrons. The van der Waals surface area contributed by atoms with Gasteiger partial charge in [0, 0.05) is 13.1 Å². The first-order chi connectivity index (χ1) is 19.7. The third-order valence-corrected chi connectivity index (χ3v) is 8.32. The molecule has 0 saturated carbocycles. The molecule has 0 aliphatic rings. The van der Waals surface area contributed by atoms with E-state index in [1.165, 1.54) is 29.2 Å². The number of benzene rings is 3. The Balaban J connectivity index is 1.99. The Labute approximate surface area is 242 Å². The fourth-order valence-electron chi connectivity index (χ4n) is 4.34. The highest BCUT2D eigenvalue weighted by atomic mass is 32.2. The van der Waals surface area contributed by atoms with Gasteiger partial charge in [-0.1, -0.05) is 50.6 Å². The molecular formula is C31H38FN3O5S. The van der Waals surface area contributed by atoms with Crippen LogP contribution in [0.25, 0.3) is 0 Å². The molecule has 0 saturated heterocycles. The summed E-state index contributed by atoms with van der Waals surface area (Å²) in [5, 5.41) is 2.88. The zero-order valence-electron chi connectivity index (χ0n) is 23.8. The Bertz CT molecular complexity index is 1370. The highest BCUT2D eigenvalue weighted by molar-refractivity contribution is 7.92. The second-order valence-electron chi connectivity index (χ2n) is 9.47. The van der Waals surface area contributed by atoms with E-state index in [0.29, 0.717) is 36.6 Å². The van der Waals surface area contributed by atoms with Crippen molar-refractivity contribution in [3.8, 4) is 5.75 Å². The zero-order chi connectivity index (χ0) is 29.8. The number of rotatable bonds is 15. The predicted octanol–water partition coefficient (Wildman–Crippen LogP) is 5.14. The first-order valence-corrected chi connectivity index (χ1v) is 15.3. The largest absolute Gasteiger partial charge is 0.494 e. The number of unbranched alkanes of at least 4 members (excludes halogenated alkanes) is 1. The number of halogens is 1. The molecule has 2 amide bonds. The van der Waals surface area contributed by atoms with Gasteiger partial charge in [0.2, 0.25) is 11.8 Å². The molecule has 0 unspecified atom stereocenters. The van der Waals surface area contributed by atoms with Crippen LogP contribution in [0.2, 0.25) is 0 Å². The second kappa shape index (κ2) is 15.2. The van der Waals surface area contributed by atoms with Gasteiger partial charge in [-0.2, -0.15) is 0 Å². The highest BCUT2D eigenvalue weighted by Gasteiger charge is 2.33. The van der Waals surface area contributed by atoms with Crippen LogP contribution in [-0.2, 0) is 26.2 Å². The monoisotopic (exact) mass is 583 g/mol. The smallest absolute Gasteiger partial charge is 0.264 e. The number of hydrogen-bond acceptors (Lipinski definition) is 5. The Morgan fingerprint density at radius 2 is 1.59 bits per heavy atom. The van der Waals surface area contributed by atoms with Crippen molar-refractivity contribution < 1.29 is 27.1 Å². The molecule has 0 spiro atoms. The summed E-state index contributed by atoms with van der Waals surface area (Å²) in [7, 11) is -4.18. The first-order valence-electron chi connectivity index (χ1n) is 13.8. The molecule has 3 rings (SSSR count). The Morgan fingerprint density at radius 1 is 0.927 bits per heavy atom. The second-order valence-corrected chi connectivity index (χ2v) is 11.3. The summed E-state index contributed by atoms with van der Waals surface area (Å²) in [4.78, 5) is 28.6. The number of amides is 2. The average molecular weight is 584 g/mol. The Morgan fingerprint density at radius 3 is 2.17 bits per heavy atom. The Kier molecular flexibility index (Phi) is 11.7. The minimum atomic E-state index is -4.18. The molecule has 0 bridgehead atoms. The van der Waals surface area contributed by atoms with Crippen LogP contribution in [0.5, 0.6) is 5.75 Å². The lowest BCUT2D eigenvalue weighted by Crippen LogP contribution is -2.52. The van der Waals surface area contributed by atoms with Gasteiger partial charge in [-0.05, 0) is 73.9 Å². The van der Waals surface area contributed by atoms with Gasteiger partial charge in [-0.15, -0.1) is 0 Å². The van der Waals surface area contributed by atoms with E-state index in [1.807, 2.05) is 13.8 Å². The number of anilines is 1. The van der Waals surface area contributed by atoms with Gasteiger partial charge in [0.05, 0.1) is 17.2 Å². The van der Waals surface area contributed by atoms with Crippen molar-refractivity contribution >= 4 is 27.5 Å². The predicted molar refractivity (Wildman–Crippen MR) is 158 cm³/mol. The van der Waals surface area contributed by atoms with E-state index < -0.39 is 34.3 Å². The van der Waals surface area contributed by atoms with Crippen molar-refractivity contribution in [3.05, 3.63) is 90.2 Å². The highest BCUT2D eigenvalue weighted by Crippen LogP contribution is 2.26. The summed E-state index contributed by atoms with van der Waals surface area (Å²) in [6, 6.07) is 19.2. The zero-order valence-corrected chi connectivity index (χ0v) is 24.6. The molecule has 10 heteroatoms. The van der Waals surface area contributed by atoms with E-state index >= 15 is 0 Å². The number of nitrogens with zero attached hydrogens (tertiary/aromatic N) is 2. The van der Waals surface area contributed by atoms with Crippen LogP contribution < -0.4 is 14.4 Å². The third-order valence-electron chi connectivity index (χ3n) is 6.53. The van der Waals surface area contributed by atoms with Crippen molar-refractivity contribution in [3.63, 3.8) is 0 Å². The molecule has 0 heterocycles. The van der Waals surface area contributed by atoms with Crippen molar-refractivity contribution in [2.75, 3.05) is 24.0 Å². The summed E-state index contributed by atoms with van der Waals surface area (Å²) < 4.78 is 47.9. The van der Waals surface area contributed by atoms with Gasteiger partial charge < -0.3 is 15.0 Å². The van der Waals surface area contributed by atoms with E-state index in [2.05, 4.69) is 5.32 Å². The molecule has 0 radical (unpaired) electrons. The SMILES string of the molecule is CCCCNC(=O)[C@@H](CC)N(Cc1ccc(F)cc1)C(=O)CN(c1ccccc1)S(=O)(=O)c1ccc(OCC)cc1. The van der Waals surface area contributed by atoms with Crippen LogP contribution >= 0.6 is 0 Å². The number of nitrogens with one attached hydrogen (secondary N) is 1. The fraction of sp³-hybridized carbons (Fsp3) is 0.355. The summed E-state index contributed by atoms with van der Waals surface area (Å²) in [6.45, 7) is 6.00. The minimum absolute atomic E-state index is 0.00451. The summed E-state index contributed by atoms with van der Waals surface area (Å²) in [5.41, 5.74) is 0.914. The van der Waals surface area contributed by atoms with Crippen LogP contribution in [-0.4, -0.2) is 50.9 Å². The van der Waals surface area contributed by atoms with E-state index in [0.717, 1.165) is 17.1 Å². The normalized spacial score (nSPS) is 11.9. The van der Waals surface area contributed by atoms with E-state index in [4.69, 9.17) is 4.74 Å². The lowest BCUT2D eigenvalue weighted by molar-refractivity contribution is -0.140. The lowest BCUT2D eigenvalue weighted by atomic mass is 10.1. The van der Waals surface area contributed by atoms with Crippen molar-refractivity contribution in [2.45, 2.75) is 57.5 Å². The topological polar surface area (TPSA) is 96.0 Å². The number of para-hydroxylation sites is 1.